The van der Waals surface area contributed by atoms with Gasteiger partial charge in [-0.05, 0) is 18.9 Å². The molecule has 0 aromatic heterocycles. The maximum Gasteiger partial charge on any atom is 0.412 e. The van der Waals surface area contributed by atoms with Gasteiger partial charge in [0.25, 0.3) is 0 Å². The van der Waals surface area contributed by atoms with Crippen LogP contribution < -0.4 is 5.32 Å². The molecule has 0 bridgehead atoms. The Balaban J connectivity index is 2.15. The van der Waals surface area contributed by atoms with Gasteiger partial charge in [0, 0.05) is 5.56 Å². The second-order valence-electron chi connectivity index (χ2n) is 3.96. The molecule has 1 fully saturated rings. The zero-order chi connectivity index (χ0) is 10.5. The molecule has 2 aliphatic rings. The number of nitrogens with one attached hydrogen (secondary N) is 1. The molecule has 1 aliphatic carbocycles. The van der Waals surface area contributed by atoms with E-state index in [2.05, 4.69) is 21.2 Å². The smallest absolute Gasteiger partial charge is 0.412 e. The molecule has 78 valence electrons. The number of hydrogen-bond acceptors (Lipinski definition) is 2. The summed E-state index contributed by atoms with van der Waals surface area (Å²) in [5.41, 5.74) is 1.52. The van der Waals surface area contributed by atoms with Crippen LogP contribution in [0.5, 0.6) is 0 Å². The van der Waals surface area contributed by atoms with Crippen molar-refractivity contribution < 1.29 is 9.53 Å². The maximum atomic E-state index is 11.4. The minimum absolute atomic E-state index is 0.234. The van der Waals surface area contributed by atoms with E-state index in [4.69, 9.17) is 4.74 Å². The highest BCUT2D eigenvalue weighted by Gasteiger charge is 2.53. The Bertz CT molecular complexity index is 434. The first-order chi connectivity index (χ1) is 7.22. The molecule has 1 aromatic rings. The van der Waals surface area contributed by atoms with Crippen molar-refractivity contribution in [2.45, 2.75) is 23.3 Å². The molecule has 1 spiro atoms. The number of rotatable bonds is 0. The molecule has 3 nitrogen and oxygen atoms in total. The summed E-state index contributed by atoms with van der Waals surface area (Å²) in [6.45, 7) is 0. The predicted octanol–water partition coefficient (Wildman–Crippen LogP) is 3.00. The Hall–Kier alpha value is -1.03. The Morgan fingerprint density at radius 2 is 2.27 bits per heavy atom. The molecular formula is C11H10BrNO2. The lowest BCUT2D eigenvalue weighted by Gasteiger charge is -2.48. The number of fused-ring (bicyclic) bond motifs is 2. The lowest BCUT2D eigenvalue weighted by molar-refractivity contribution is -0.0411. The summed E-state index contributed by atoms with van der Waals surface area (Å²) in [6, 6.07) is 7.82. The fourth-order valence-electron chi connectivity index (χ4n) is 2.25. The summed E-state index contributed by atoms with van der Waals surface area (Å²) >= 11 is 3.57. The fraction of sp³-hybridized carbons (Fsp3) is 0.364. The van der Waals surface area contributed by atoms with Crippen molar-refractivity contribution in [3.63, 3.8) is 0 Å². The zero-order valence-corrected chi connectivity index (χ0v) is 9.58. The van der Waals surface area contributed by atoms with Crippen molar-refractivity contribution in [1.29, 1.82) is 0 Å². The Morgan fingerprint density at radius 3 is 2.93 bits per heavy atom. The summed E-state index contributed by atoms with van der Waals surface area (Å²) in [5.74, 6) is 0. The first-order valence-electron chi connectivity index (χ1n) is 4.96. The van der Waals surface area contributed by atoms with E-state index < -0.39 is 5.60 Å². The Labute approximate surface area is 95.9 Å². The average molecular weight is 268 g/mol. The summed E-state index contributed by atoms with van der Waals surface area (Å²) in [5, 5.41) is 2.72. The van der Waals surface area contributed by atoms with E-state index in [1.54, 1.807) is 0 Å². The van der Waals surface area contributed by atoms with Crippen molar-refractivity contribution in [2.75, 3.05) is 5.32 Å². The monoisotopic (exact) mass is 267 g/mol. The van der Waals surface area contributed by atoms with Gasteiger partial charge in [-0.15, -0.1) is 0 Å². The van der Waals surface area contributed by atoms with Gasteiger partial charge in [0.05, 0.1) is 10.5 Å². The second-order valence-corrected chi connectivity index (χ2v) is 5.06. The van der Waals surface area contributed by atoms with Gasteiger partial charge in [-0.1, -0.05) is 34.1 Å². The summed E-state index contributed by atoms with van der Waals surface area (Å²) in [4.78, 5) is 11.7. The van der Waals surface area contributed by atoms with Gasteiger partial charge >= 0.3 is 6.09 Å². The molecule has 0 radical (unpaired) electrons. The van der Waals surface area contributed by atoms with E-state index in [1.165, 1.54) is 0 Å². The van der Waals surface area contributed by atoms with Crippen LogP contribution >= 0.6 is 15.9 Å². The van der Waals surface area contributed by atoms with E-state index >= 15 is 0 Å². The summed E-state index contributed by atoms with van der Waals surface area (Å²) in [7, 11) is 0. The molecule has 15 heavy (non-hydrogen) atoms. The molecule has 1 amide bonds. The third-order valence-corrected chi connectivity index (χ3v) is 4.37. The number of anilines is 1. The topological polar surface area (TPSA) is 38.3 Å². The van der Waals surface area contributed by atoms with Gasteiger partial charge < -0.3 is 4.74 Å². The normalized spacial score (nSPS) is 32.6. The number of carbonyl (C=O) groups is 1. The summed E-state index contributed by atoms with van der Waals surface area (Å²) < 4.78 is 5.45. The molecule has 0 saturated heterocycles. The van der Waals surface area contributed by atoms with Gasteiger partial charge in [0.2, 0.25) is 0 Å². The minimum Gasteiger partial charge on any atom is -0.437 e. The minimum atomic E-state index is -0.432. The molecule has 1 aromatic carbocycles. The first kappa shape index (κ1) is 9.21. The van der Waals surface area contributed by atoms with Crippen LogP contribution in [0.25, 0.3) is 0 Å². The van der Waals surface area contributed by atoms with Crippen LogP contribution in [0.2, 0.25) is 0 Å². The van der Waals surface area contributed by atoms with Crippen LogP contribution in [0.1, 0.15) is 18.4 Å². The number of para-hydroxylation sites is 1. The van der Waals surface area contributed by atoms with E-state index in [-0.39, 0.29) is 10.9 Å². The van der Waals surface area contributed by atoms with Crippen LogP contribution in [-0.4, -0.2) is 10.9 Å². The summed E-state index contributed by atoms with van der Waals surface area (Å²) in [6.07, 6.45) is 1.59. The molecule has 4 heteroatoms. The molecule has 3 rings (SSSR count). The highest BCUT2D eigenvalue weighted by Crippen LogP contribution is 2.52. The Kier molecular flexibility index (Phi) is 1.83. The number of ether oxygens (including phenoxy) is 1. The number of carbonyl (C=O) groups excluding carboxylic acids is 1. The van der Waals surface area contributed by atoms with Gasteiger partial charge in [0.1, 0.15) is 0 Å². The third kappa shape index (κ3) is 1.14. The molecule has 1 heterocycles. The largest absolute Gasteiger partial charge is 0.437 e. The van der Waals surface area contributed by atoms with Crippen molar-refractivity contribution in [3.8, 4) is 0 Å². The third-order valence-electron chi connectivity index (χ3n) is 3.17. The van der Waals surface area contributed by atoms with Crippen LogP contribution in [0.4, 0.5) is 10.5 Å². The number of amides is 1. The molecule has 1 N–H and O–H groups in total. The van der Waals surface area contributed by atoms with Gasteiger partial charge in [-0.3, -0.25) is 5.32 Å². The SMILES string of the molecule is O=C1Nc2ccccc2C2(CCC2Br)O1. The quantitative estimate of drug-likeness (QED) is 0.734. The van der Waals surface area contributed by atoms with Crippen molar-refractivity contribution in [3.05, 3.63) is 29.8 Å². The van der Waals surface area contributed by atoms with Gasteiger partial charge in [-0.2, -0.15) is 0 Å². The zero-order valence-electron chi connectivity index (χ0n) is 8.00. The van der Waals surface area contributed by atoms with Crippen LogP contribution in [0.15, 0.2) is 24.3 Å². The van der Waals surface area contributed by atoms with Crippen molar-refractivity contribution in [1.82, 2.24) is 0 Å². The highest BCUT2D eigenvalue weighted by atomic mass is 79.9. The standard InChI is InChI=1S/C11H10BrNO2/c12-9-5-6-11(9)7-3-1-2-4-8(7)13-10(14)15-11/h1-4,9H,5-6H2,(H,13,14). The molecular weight excluding hydrogens is 258 g/mol. The molecule has 1 aliphatic heterocycles. The molecule has 1 saturated carbocycles. The highest BCUT2D eigenvalue weighted by molar-refractivity contribution is 9.09. The number of halogens is 1. The van der Waals surface area contributed by atoms with Gasteiger partial charge in [0.15, 0.2) is 5.60 Å². The average Bonchev–Trinajstić information content (AvgIpc) is 2.25. The van der Waals surface area contributed by atoms with E-state index in [0.717, 1.165) is 24.1 Å². The first-order valence-corrected chi connectivity index (χ1v) is 5.87. The fourth-order valence-corrected chi connectivity index (χ4v) is 3.05. The van der Waals surface area contributed by atoms with Crippen molar-refractivity contribution in [2.24, 2.45) is 0 Å². The second kappa shape index (κ2) is 2.98. The lowest BCUT2D eigenvalue weighted by Crippen LogP contribution is -2.52. The number of benzene rings is 1. The maximum absolute atomic E-state index is 11.4. The van der Waals surface area contributed by atoms with E-state index in [1.807, 2.05) is 24.3 Å². The van der Waals surface area contributed by atoms with Gasteiger partial charge in [-0.25, -0.2) is 4.79 Å². The predicted molar refractivity (Wildman–Crippen MR) is 60.2 cm³/mol. The van der Waals surface area contributed by atoms with Crippen molar-refractivity contribution >= 4 is 27.7 Å². The molecule has 2 atom stereocenters. The number of hydrogen-bond donors (Lipinski definition) is 1. The van der Waals surface area contributed by atoms with Crippen LogP contribution in [0, 0.1) is 0 Å². The van der Waals surface area contributed by atoms with E-state index in [0.29, 0.717) is 0 Å². The molecule has 2 unspecified atom stereocenters. The van der Waals surface area contributed by atoms with E-state index in [9.17, 15) is 4.79 Å². The van der Waals surface area contributed by atoms with Crippen LogP contribution in [-0.2, 0) is 10.3 Å². The van der Waals surface area contributed by atoms with Crippen LogP contribution in [0.3, 0.4) is 0 Å². The lowest BCUT2D eigenvalue weighted by atomic mass is 9.73. The Morgan fingerprint density at radius 1 is 1.47 bits per heavy atom. The number of alkyl halides is 1.